The Morgan fingerprint density at radius 3 is 2.36 bits per heavy atom. The fourth-order valence-corrected chi connectivity index (χ4v) is 2.85. The maximum atomic E-state index is 12.2. The van der Waals surface area contributed by atoms with Crippen LogP contribution in [0, 0.1) is 0 Å². The molecular formula is C21H19ClO6. The van der Waals surface area contributed by atoms with E-state index in [1.807, 2.05) is 18.2 Å². The maximum absolute atomic E-state index is 12.2. The number of rotatable bonds is 5. The van der Waals surface area contributed by atoms with E-state index in [1.165, 1.54) is 27.0 Å². The van der Waals surface area contributed by atoms with Gasteiger partial charge in [-0.25, -0.2) is 9.59 Å². The van der Waals surface area contributed by atoms with E-state index in [-0.39, 0.29) is 12.2 Å². The first-order chi connectivity index (χ1) is 13.3. The van der Waals surface area contributed by atoms with Crippen LogP contribution in [0.4, 0.5) is 0 Å². The minimum absolute atomic E-state index is 0.179. The Morgan fingerprint density at radius 2 is 1.71 bits per heavy atom. The Morgan fingerprint density at radius 1 is 1.04 bits per heavy atom. The highest BCUT2D eigenvalue weighted by Gasteiger charge is 2.39. The average Bonchev–Trinajstić information content (AvgIpc) is 2.63. The Kier molecular flexibility index (Phi) is 5.61. The number of esters is 2. The largest absolute Gasteiger partial charge is 0.493 e. The summed E-state index contributed by atoms with van der Waals surface area (Å²) in [6, 6.07) is 12.4. The number of para-hydroxylation sites is 1. The van der Waals surface area contributed by atoms with Gasteiger partial charge in [-0.05, 0) is 18.2 Å². The third-order valence-electron chi connectivity index (χ3n) is 3.98. The van der Waals surface area contributed by atoms with Gasteiger partial charge in [0, 0.05) is 30.0 Å². The van der Waals surface area contributed by atoms with Crippen molar-refractivity contribution >= 4 is 29.6 Å². The van der Waals surface area contributed by atoms with Gasteiger partial charge in [0.25, 0.3) is 5.79 Å². The van der Waals surface area contributed by atoms with Crippen LogP contribution in [0.5, 0.6) is 11.5 Å². The lowest BCUT2D eigenvalue weighted by Gasteiger charge is -2.29. The number of benzene rings is 2. The summed E-state index contributed by atoms with van der Waals surface area (Å²) in [6.07, 6.45) is 1.37. The van der Waals surface area contributed by atoms with Gasteiger partial charge in [-0.15, -0.1) is 0 Å². The summed E-state index contributed by atoms with van der Waals surface area (Å²) >= 11 is 6.18. The average molecular weight is 403 g/mol. The van der Waals surface area contributed by atoms with E-state index in [4.69, 9.17) is 30.5 Å². The van der Waals surface area contributed by atoms with Crippen molar-refractivity contribution in [2.24, 2.45) is 0 Å². The SMILES string of the molecule is COc1cccc(C=C2C(=O)OC(C)(C)OC2=O)c1OCc1ccccc1Cl. The number of halogens is 1. The van der Waals surface area contributed by atoms with Crippen molar-refractivity contribution in [1.82, 2.24) is 0 Å². The molecule has 0 N–H and O–H groups in total. The van der Waals surface area contributed by atoms with Crippen molar-refractivity contribution < 1.29 is 28.5 Å². The second-order valence-electron chi connectivity index (χ2n) is 6.50. The Bertz CT molecular complexity index is 926. The van der Waals surface area contributed by atoms with Gasteiger partial charge in [-0.2, -0.15) is 0 Å². The van der Waals surface area contributed by atoms with Crippen LogP contribution in [-0.2, 0) is 25.7 Å². The monoisotopic (exact) mass is 402 g/mol. The molecule has 0 aliphatic carbocycles. The van der Waals surface area contributed by atoms with E-state index in [2.05, 4.69) is 0 Å². The van der Waals surface area contributed by atoms with Gasteiger partial charge in [0.2, 0.25) is 0 Å². The molecule has 0 amide bonds. The van der Waals surface area contributed by atoms with Gasteiger partial charge in [-0.1, -0.05) is 41.9 Å². The summed E-state index contributed by atoms with van der Waals surface area (Å²) in [5, 5.41) is 0.568. The molecule has 2 aromatic carbocycles. The van der Waals surface area contributed by atoms with Gasteiger partial charge < -0.3 is 18.9 Å². The van der Waals surface area contributed by atoms with Crippen molar-refractivity contribution in [2.75, 3.05) is 7.11 Å². The Balaban J connectivity index is 1.95. The van der Waals surface area contributed by atoms with Crippen LogP contribution in [0.3, 0.4) is 0 Å². The number of carbonyl (C=O) groups is 2. The van der Waals surface area contributed by atoms with Gasteiger partial charge in [-0.3, -0.25) is 0 Å². The molecule has 1 saturated heterocycles. The number of methoxy groups -OCH3 is 1. The van der Waals surface area contributed by atoms with Crippen molar-refractivity contribution in [1.29, 1.82) is 0 Å². The molecular weight excluding hydrogens is 384 g/mol. The summed E-state index contributed by atoms with van der Waals surface area (Å²) in [5.74, 6) is -2.02. The topological polar surface area (TPSA) is 71.1 Å². The number of cyclic esters (lactones) is 2. The number of ether oxygens (including phenoxy) is 4. The van der Waals surface area contributed by atoms with Gasteiger partial charge in [0.1, 0.15) is 12.2 Å². The van der Waals surface area contributed by atoms with Crippen molar-refractivity contribution in [3.8, 4) is 11.5 Å². The lowest BCUT2D eigenvalue weighted by Crippen LogP contribution is -2.41. The highest BCUT2D eigenvalue weighted by atomic mass is 35.5. The van der Waals surface area contributed by atoms with Gasteiger partial charge >= 0.3 is 11.9 Å². The smallest absolute Gasteiger partial charge is 0.348 e. The molecule has 28 heavy (non-hydrogen) atoms. The molecule has 0 bridgehead atoms. The maximum Gasteiger partial charge on any atom is 0.348 e. The van der Waals surface area contributed by atoms with E-state index >= 15 is 0 Å². The minimum Gasteiger partial charge on any atom is -0.493 e. The lowest BCUT2D eigenvalue weighted by atomic mass is 10.1. The highest BCUT2D eigenvalue weighted by Crippen LogP contribution is 2.35. The predicted octanol–water partition coefficient (Wildman–Crippen LogP) is 4.15. The molecule has 0 radical (unpaired) electrons. The summed E-state index contributed by atoms with van der Waals surface area (Å²) in [5.41, 5.74) is 1.03. The molecule has 6 nitrogen and oxygen atoms in total. The van der Waals surface area contributed by atoms with Crippen molar-refractivity contribution in [2.45, 2.75) is 26.2 Å². The summed E-state index contributed by atoms with van der Waals surface area (Å²) in [4.78, 5) is 24.5. The van der Waals surface area contributed by atoms with Crippen molar-refractivity contribution in [3.63, 3.8) is 0 Å². The molecule has 1 aliphatic heterocycles. The third-order valence-corrected chi connectivity index (χ3v) is 4.34. The van der Waals surface area contributed by atoms with Crippen LogP contribution in [0.25, 0.3) is 6.08 Å². The van der Waals surface area contributed by atoms with E-state index in [0.29, 0.717) is 22.1 Å². The fourth-order valence-electron chi connectivity index (χ4n) is 2.66. The van der Waals surface area contributed by atoms with Crippen molar-refractivity contribution in [3.05, 3.63) is 64.2 Å². The third kappa shape index (κ3) is 4.28. The molecule has 146 valence electrons. The molecule has 0 saturated carbocycles. The molecule has 0 aromatic heterocycles. The standard InChI is InChI=1S/C21H19ClO6/c1-21(2)27-19(23)15(20(24)28-21)11-13-8-6-10-17(25-3)18(13)26-12-14-7-4-5-9-16(14)22/h4-11H,12H2,1-3H3. The zero-order valence-electron chi connectivity index (χ0n) is 15.7. The second kappa shape index (κ2) is 7.94. The minimum atomic E-state index is -1.30. The first-order valence-electron chi connectivity index (χ1n) is 8.52. The molecule has 0 unspecified atom stereocenters. The normalized spacial score (nSPS) is 15.5. The molecule has 0 atom stereocenters. The molecule has 1 aliphatic rings. The molecule has 2 aromatic rings. The van der Waals surface area contributed by atoms with Gasteiger partial charge in [0.05, 0.1) is 7.11 Å². The molecule has 7 heteroatoms. The van der Waals surface area contributed by atoms with Crippen LogP contribution >= 0.6 is 11.6 Å². The zero-order valence-corrected chi connectivity index (χ0v) is 16.4. The summed E-state index contributed by atoms with van der Waals surface area (Å²) in [6.45, 7) is 3.16. The summed E-state index contributed by atoms with van der Waals surface area (Å²) < 4.78 is 21.5. The van der Waals surface area contributed by atoms with E-state index in [9.17, 15) is 9.59 Å². The van der Waals surface area contributed by atoms with Crippen LogP contribution in [0.1, 0.15) is 25.0 Å². The van der Waals surface area contributed by atoms with Crippen LogP contribution in [0.2, 0.25) is 5.02 Å². The number of carbonyl (C=O) groups excluding carboxylic acids is 2. The highest BCUT2D eigenvalue weighted by molar-refractivity contribution is 6.31. The summed E-state index contributed by atoms with van der Waals surface area (Å²) in [7, 11) is 1.50. The molecule has 1 fully saturated rings. The Labute approximate surface area is 167 Å². The van der Waals surface area contributed by atoms with Crippen LogP contribution < -0.4 is 9.47 Å². The van der Waals surface area contributed by atoms with Crippen LogP contribution in [0.15, 0.2) is 48.0 Å². The first-order valence-corrected chi connectivity index (χ1v) is 8.90. The van der Waals surface area contributed by atoms with E-state index in [1.54, 1.807) is 24.3 Å². The zero-order chi connectivity index (χ0) is 20.3. The lowest BCUT2D eigenvalue weighted by molar-refractivity contribution is -0.222. The molecule has 1 heterocycles. The first kappa shape index (κ1) is 19.8. The van der Waals surface area contributed by atoms with Crippen LogP contribution in [-0.4, -0.2) is 24.8 Å². The number of hydrogen-bond acceptors (Lipinski definition) is 6. The van der Waals surface area contributed by atoms with E-state index < -0.39 is 17.7 Å². The molecule has 0 spiro atoms. The molecule has 3 rings (SSSR count). The quantitative estimate of drug-likeness (QED) is 0.425. The number of hydrogen-bond donors (Lipinski definition) is 0. The van der Waals surface area contributed by atoms with Gasteiger partial charge in [0.15, 0.2) is 11.5 Å². The van der Waals surface area contributed by atoms with E-state index in [0.717, 1.165) is 5.56 Å². The predicted molar refractivity (Wildman–Crippen MR) is 103 cm³/mol. The fraction of sp³-hybridized carbons (Fsp3) is 0.238. The second-order valence-corrected chi connectivity index (χ2v) is 6.90. The Hall–Kier alpha value is -2.99.